The van der Waals surface area contributed by atoms with Crippen LogP contribution in [0.15, 0.2) is 46.6 Å². The number of rotatable bonds is 3. The molecule has 27 heavy (non-hydrogen) atoms. The van der Waals surface area contributed by atoms with Gasteiger partial charge < -0.3 is 24.3 Å². The van der Waals surface area contributed by atoms with Gasteiger partial charge in [0.2, 0.25) is 5.88 Å². The predicted molar refractivity (Wildman–Crippen MR) is 88.3 cm³/mol. The lowest BCUT2D eigenvalue weighted by atomic mass is 10.2. The molecule has 0 saturated heterocycles. The number of H-pyrrole nitrogens is 1. The first-order valence-corrected chi connectivity index (χ1v) is 7.81. The molecule has 2 N–H and O–H groups in total. The highest BCUT2D eigenvalue weighted by molar-refractivity contribution is 5.96. The number of alkyl halides is 3. The van der Waals surface area contributed by atoms with Crippen molar-refractivity contribution in [3.63, 3.8) is 0 Å². The Hall–Kier alpha value is -3.43. The van der Waals surface area contributed by atoms with Crippen LogP contribution in [0.2, 0.25) is 0 Å². The summed E-state index contributed by atoms with van der Waals surface area (Å²) in [5, 5.41) is 18.6. The van der Waals surface area contributed by atoms with E-state index in [2.05, 4.69) is 19.9 Å². The second-order valence-corrected chi connectivity index (χ2v) is 5.61. The molecule has 4 rings (SSSR count). The number of nitrogens with one attached hydrogen (secondary N) is 1. The minimum Gasteiger partial charge on any atom is -0.493 e. The van der Waals surface area contributed by atoms with E-state index < -0.39 is 6.36 Å². The van der Waals surface area contributed by atoms with Gasteiger partial charge in [-0.05, 0) is 30.3 Å². The Bertz CT molecular complexity index is 1010. The van der Waals surface area contributed by atoms with E-state index in [9.17, 15) is 18.3 Å². The highest BCUT2D eigenvalue weighted by Crippen LogP contribution is 2.42. The molecule has 0 spiro atoms. The third-order valence-corrected chi connectivity index (χ3v) is 3.75. The van der Waals surface area contributed by atoms with Gasteiger partial charge in [-0.2, -0.15) is 5.11 Å². The molecular formula is C17H12F3N3O4. The van der Waals surface area contributed by atoms with Crippen LogP contribution in [-0.4, -0.2) is 29.7 Å². The van der Waals surface area contributed by atoms with Crippen LogP contribution < -0.4 is 14.2 Å². The number of hydrogen-bond donors (Lipinski definition) is 2. The van der Waals surface area contributed by atoms with Gasteiger partial charge in [-0.1, -0.05) is 0 Å². The van der Waals surface area contributed by atoms with E-state index in [1.54, 1.807) is 12.1 Å². The molecule has 2 heterocycles. The maximum atomic E-state index is 12.2. The Labute approximate surface area is 150 Å². The third kappa shape index (κ3) is 3.59. The summed E-state index contributed by atoms with van der Waals surface area (Å²) in [6.07, 6.45) is -4.76. The molecule has 1 aliphatic heterocycles. The fourth-order valence-corrected chi connectivity index (χ4v) is 2.63. The number of hydrogen-bond acceptors (Lipinski definition) is 6. The fourth-order valence-electron chi connectivity index (χ4n) is 2.63. The van der Waals surface area contributed by atoms with Gasteiger partial charge in [-0.15, -0.1) is 18.3 Å². The zero-order valence-electron chi connectivity index (χ0n) is 13.6. The van der Waals surface area contributed by atoms with Crippen LogP contribution in [0.4, 0.5) is 24.5 Å². The summed E-state index contributed by atoms with van der Waals surface area (Å²) >= 11 is 0. The second kappa shape index (κ2) is 6.38. The summed E-state index contributed by atoms with van der Waals surface area (Å²) in [7, 11) is 0. The summed E-state index contributed by atoms with van der Waals surface area (Å²) < 4.78 is 51.3. The van der Waals surface area contributed by atoms with Crippen molar-refractivity contribution < 1.29 is 32.5 Å². The highest BCUT2D eigenvalue weighted by atomic mass is 19.4. The van der Waals surface area contributed by atoms with Crippen LogP contribution in [0.3, 0.4) is 0 Å². The van der Waals surface area contributed by atoms with Crippen LogP contribution >= 0.6 is 0 Å². The van der Waals surface area contributed by atoms with Crippen LogP contribution in [-0.2, 0) is 0 Å². The molecule has 7 nitrogen and oxygen atoms in total. The average molecular weight is 379 g/mol. The van der Waals surface area contributed by atoms with Gasteiger partial charge in [0.15, 0.2) is 17.2 Å². The first-order chi connectivity index (χ1) is 12.9. The van der Waals surface area contributed by atoms with E-state index in [0.717, 1.165) is 12.1 Å². The molecule has 10 heteroatoms. The summed E-state index contributed by atoms with van der Waals surface area (Å²) in [6, 6.07) is 8.24. The maximum absolute atomic E-state index is 12.2. The normalized spacial score (nSPS) is 14.0. The predicted octanol–water partition coefficient (Wildman–Crippen LogP) is 4.96. The van der Waals surface area contributed by atoms with Crippen molar-refractivity contribution in [2.45, 2.75) is 6.36 Å². The lowest BCUT2D eigenvalue weighted by Crippen LogP contribution is -2.16. The van der Waals surface area contributed by atoms with E-state index >= 15 is 0 Å². The van der Waals surface area contributed by atoms with E-state index in [-0.39, 0.29) is 23.0 Å². The zero-order chi connectivity index (χ0) is 19.0. The molecular weight excluding hydrogens is 367 g/mol. The summed E-state index contributed by atoms with van der Waals surface area (Å²) in [6.45, 7) is 0.851. The van der Waals surface area contributed by atoms with E-state index in [4.69, 9.17) is 9.47 Å². The molecule has 0 bridgehead atoms. The molecule has 3 aromatic rings. The van der Waals surface area contributed by atoms with Crippen molar-refractivity contribution >= 4 is 22.3 Å². The van der Waals surface area contributed by atoms with Gasteiger partial charge in [0.1, 0.15) is 19.0 Å². The number of aromatic hydroxyl groups is 1. The molecule has 0 unspecified atom stereocenters. The standard InChI is InChI=1S/C17H12F3N3O4/c18-17(19,20)27-10-3-1-9(2-4-10)22-23-15-11-7-13-14(26-6-5-25-13)8-12(11)21-16(15)24/h1-4,7-8,21,24H,5-6H2. The largest absolute Gasteiger partial charge is 0.573 e. The molecule has 0 aliphatic carbocycles. The van der Waals surface area contributed by atoms with Crippen LogP contribution in [0, 0.1) is 0 Å². The van der Waals surface area contributed by atoms with Crippen molar-refractivity contribution in [1.82, 2.24) is 4.98 Å². The molecule has 0 radical (unpaired) electrons. The van der Waals surface area contributed by atoms with Crippen LogP contribution in [0.5, 0.6) is 23.1 Å². The average Bonchev–Trinajstić information content (AvgIpc) is 2.92. The van der Waals surface area contributed by atoms with E-state index in [1.807, 2.05) is 0 Å². The Balaban J connectivity index is 1.62. The van der Waals surface area contributed by atoms with Crippen molar-refractivity contribution in [2.24, 2.45) is 10.2 Å². The van der Waals surface area contributed by atoms with Gasteiger partial charge in [-0.25, -0.2) is 0 Å². The Morgan fingerprint density at radius 2 is 1.67 bits per heavy atom. The number of aromatic nitrogens is 1. The minimum absolute atomic E-state index is 0.178. The van der Waals surface area contributed by atoms with Crippen molar-refractivity contribution in [3.8, 4) is 23.1 Å². The van der Waals surface area contributed by atoms with Crippen LogP contribution in [0.1, 0.15) is 0 Å². The SMILES string of the molecule is Oc1[nH]c2cc3c(cc2c1N=Nc1ccc(OC(F)(F)F)cc1)OCCO3. The van der Waals surface area contributed by atoms with Gasteiger partial charge >= 0.3 is 6.36 Å². The lowest BCUT2D eigenvalue weighted by molar-refractivity contribution is -0.274. The minimum atomic E-state index is -4.76. The van der Waals surface area contributed by atoms with Crippen LogP contribution in [0.25, 0.3) is 10.9 Å². The second-order valence-electron chi connectivity index (χ2n) is 5.61. The number of halogens is 3. The van der Waals surface area contributed by atoms with Gasteiger partial charge in [0.25, 0.3) is 0 Å². The summed E-state index contributed by atoms with van der Waals surface area (Å²) in [5.74, 6) is 0.518. The molecule has 0 fully saturated rings. The van der Waals surface area contributed by atoms with Crippen molar-refractivity contribution in [2.75, 3.05) is 13.2 Å². The fraction of sp³-hybridized carbons (Fsp3) is 0.176. The molecule has 1 aliphatic rings. The Morgan fingerprint density at radius 3 is 2.33 bits per heavy atom. The van der Waals surface area contributed by atoms with Gasteiger partial charge in [-0.3, -0.25) is 0 Å². The molecule has 1 aromatic heterocycles. The smallest absolute Gasteiger partial charge is 0.493 e. The zero-order valence-corrected chi connectivity index (χ0v) is 13.6. The third-order valence-electron chi connectivity index (χ3n) is 3.75. The van der Waals surface area contributed by atoms with Crippen molar-refractivity contribution in [3.05, 3.63) is 36.4 Å². The molecule has 0 atom stereocenters. The monoisotopic (exact) mass is 379 g/mol. The molecule has 2 aromatic carbocycles. The molecule has 140 valence electrons. The van der Waals surface area contributed by atoms with Gasteiger partial charge in [0.05, 0.1) is 11.2 Å². The lowest BCUT2D eigenvalue weighted by Gasteiger charge is -2.18. The maximum Gasteiger partial charge on any atom is 0.573 e. The number of fused-ring (bicyclic) bond motifs is 2. The van der Waals surface area contributed by atoms with E-state index in [1.165, 1.54) is 12.1 Å². The first-order valence-electron chi connectivity index (χ1n) is 7.81. The number of aromatic amines is 1. The summed E-state index contributed by atoms with van der Waals surface area (Å²) in [5.41, 5.74) is 1.05. The topological polar surface area (TPSA) is 88.4 Å². The van der Waals surface area contributed by atoms with Crippen molar-refractivity contribution in [1.29, 1.82) is 0 Å². The number of ether oxygens (including phenoxy) is 3. The highest BCUT2D eigenvalue weighted by Gasteiger charge is 2.30. The first kappa shape index (κ1) is 17.0. The van der Waals surface area contributed by atoms with E-state index in [0.29, 0.717) is 35.6 Å². The number of benzene rings is 2. The molecule has 0 saturated carbocycles. The molecule has 0 amide bonds. The quantitative estimate of drug-likeness (QED) is 0.630. The summed E-state index contributed by atoms with van der Waals surface area (Å²) in [4.78, 5) is 2.77. The number of azo groups is 1. The Morgan fingerprint density at radius 1 is 1.00 bits per heavy atom. The van der Waals surface area contributed by atoms with Gasteiger partial charge in [0, 0.05) is 11.5 Å². The number of nitrogens with zero attached hydrogens (tertiary/aromatic N) is 2. The Kier molecular flexibility index (Phi) is 4.02.